The number of hydrogen-bond donors (Lipinski definition) is 0. The van der Waals surface area contributed by atoms with Crippen LogP contribution >= 0.6 is 23.2 Å². The zero-order valence-electron chi connectivity index (χ0n) is 7.29. The van der Waals surface area contributed by atoms with Crippen molar-refractivity contribution < 1.29 is 18.5 Å². The normalized spacial score (nSPS) is 10.6. The van der Waals surface area contributed by atoms with Crippen molar-refractivity contribution in [3.8, 4) is 0 Å². The Bertz CT molecular complexity index is 467. The van der Waals surface area contributed by atoms with Gasteiger partial charge in [-0.05, 0) is 27.6 Å². The number of rotatable bonds is 3. The minimum absolute atomic E-state index is 0.582. The van der Waals surface area contributed by atoms with Crippen molar-refractivity contribution in [1.82, 2.24) is 4.98 Å². The van der Waals surface area contributed by atoms with Gasteiger partial charge < -0.3 is 10.1 Å². The van der Waals surface area contributed by atoms with E-state index in [1.165, 1.54) is 0 Å². The van der Waals surface area contributed by atoms with E-state index in [0.29, 0.717) is 6.07 Å². The SMILES string of the molecule is O=C(Cl)c1nc([N+](=O)[O-])c(Cl)cc1C(F)F. The molecule has 0 fully saturated rings. The lowest BCUT2D eigenvalue weighted by atomic mass is 10.2. The Balaban J connectivity index is 3.49. The van der Waals surface area contributed by atoms with Crippen molar-refractivity contribution in [3.05, 3.63) is 32.5 Å². The fourth-order valence-electron chi connectivity index (χ4n) is 0.945. The second-order valence-corrected chi connectivity index (χ2v) is 3.31. The first-order valence-electron chi connectivity index (χ1n) is 3.67. The van der Waals surface area contributed by atoms with E-state index < -0.39 is 38.7 Å². The molecule has 0 radical (unpaired) electrons. The Hall–Kier alpha value is -1.34. The molecule has 0 atom stereocenters. The predicted octanol–water partition coefficient (Wildman–Crippen LogP) is 2.96. The fraction of sp³-hybridized carbons (Fsp3) is 0.143. The van der Waals surface area contributed by atoms with Crippen LogP contribution in [0, 0.1) is 10.1 Å². The molecule has 86 valence electrons. The lowest BCUT2D eigenvalue weighted by Crippen LogP contribution is -2.05. The Kier molecular flexibility index (Phi) is 3.71. The maximum absolute atomic E-state index is 12.4. The van der Waals surface area contributed by atoms with Crippen LogP contribution in [0.25, 0.3) is 0 Å². The van der Waals surface area contributed by atoms with Crippen LogP contribution in [0.1, 0.15) is 22.5 Å². The summed E-state index contributed by atoms with van der Waals surface area (Å²) in [6.07, 6.45) is -3.05. The Morgan fingerprint density at radius 2 is 2.12 bits per heavy atom. The summed E-state index contributed by atoms with van der Waals surface area (Å²) in [6, 6.07) is 0.604. The third kappa shape index (κ3) is 2.42. The Labute approximate surface area is 97.1 Å². The van der Waals surface area contributed by atoms with Crippen LogP contribution < -0.4 is 0 Å². The van der Waals surface area contributed by atoms with Crippen molar-refractivity contribution in [2.45, 2.75) is 6.43 Å². The van der Waals surface area contributed by atoms with Crippen LogP contribution in [0.5, 0.6) is 0 Å². The third-order valence-electron chi connectivity index (χ3n) is 1.58. The van der Waals surface area contributed by atoms with E-state index in [1.54, 1.807) is 0 Å². The second kappa shape index (κ2) is 4.67. The standard InChI is InChI=1S/C7H2Cl2F2N2O3/c8-3-1-2(6(10)11)4(5(9)14)12-7(3)13(15)16/h1,6H. The largest absolute Gasteiger partial charge is 0.383 e. The summed E-state index contributed by atoms with van der Waals surface area (Å²) in [5.41, 5.74) is -1.71. The first-order valence-corrected chi connectivity index (χ1v) is 4.43. The summed E-state index contributed by atoms with van der Waals surface area (Å²) in [6.45, 7) is 0. The van der Waals surface area contributed by atoms with Gasteiger partial charge in [0.05, 0.1) is 5.56 Å². The van der Waals surface area contributed by atoms with Gasteiger partial charge in [0.15, 0.2) is 0 Å². The summed E-state index contributed by atoms with van der Waals surface area (Å²) in [5, 5.41) is 8.50. The summed E-state index contributed by atoms with van der Waals surface area (Å²) in [7, 11) is 0. The van der Waals surface area contributed by atoms with E-state index in [4.69, 9.17) is 23.2 Å². The highest BCUT2D eigenvalue weighted by Crippen LogP contribution is 2.30. The number of carbonyl (C=O) groups is 1. The molecule has 1 heterocycles. The fourth-order valence-corrected chi connectivity index (χ4v) is 1.33. The third-order valence-corrected chi connectivity index (χ3v) is 2.04. The number of aromatic nitrogens is 1. The highest BCUT2D eigenvalue weighted by molar-refractivity contribution is 6.67. The summed E-state index contributed by atoms with van der Waals surface area (Å²) >= 11 is 10.3. The van der Waals surface area contributed by atoms with Gasteiger partial charge in [-0.2, -0.15) is 0 Å². The molecule has 1 aromatic rings. The van der Waals surface area contributed by atoms with Gasteiger partial charge in [0.25, 0.3) is 11.7 Å². The summed E-state index contributed by atoms with van der Waals surface area (Å²) < 4.78 is 24.8. The number of pyridine rings is 1. The topological polar surface area (TPSA) is 73.1 Å². The van der Waals surface area contributed by atoms with Gasteiger partial charge in [-0.15, -0.1) is 0 Å². The van der Waals surface area contributed by atoms with Gasteiger partial charge in [0.1, 0.15) is 5.02 Å². The molecule has 0 aliphatic rings. The van der Waals surface area contributed by atoms with Crippen LogP contribution in [-0.2, 0) is 0 Å². The minimum Gasteiger partial charge on any atom is -0.358 e. The first-order chi connectivity index (χ1) is 7.34. The molecule has 0 spiro atoms. The Morgan fingerprint density at radius 3 is 2.50 bits per heavy atom. The van der Waals surface area contributed by atoms with Gasteiger partial charge in [-0.3, -0.25) is 4.79 Å². The molecule has 1 rings (SSSR count). The molecule has 0 bridgehead atoms. The van der Waals surface area contributed by atoms with Crippen molar-refractivity contribution in [2.75, 3.05) is 0 Å². The average Bonchev–Trinajstić information content (AvgIpc) is 2.15. The number of hydrogen-bond acceptors (Lipinski definition) is 4. The van der Waals surface area contributed by atoms with Gasteiger partial charge in [-0.1, -0.05) is 11.6 Å². The van der Waals surface area contributed by atoms with Crippen LogP contribution in [0.2, 0.25) is 5.02 Å². The van der Waals surface area contributed by atoms with E-state index >= 15 is 0 Å². The molecule has 0 amide bonds. The highest BCUT2D eigenvalue weighted by atomic mass is 35.5. The first kappa shape index (κ1) is 12.7. The van der Waals surface area contributed by atoms with Crippen LogP contribution in [0.3, 0.4) is 0 Å². The van der Waals surface area contributed by atoms with Crippen molar-refractivity contribution in [3.63, 3.8) is 0 Å². The number of alkyl halides is 2. The average molecular weight is 271 g/mol. The van der Waals surface area contributed by atoms with Gasteiger partial charge in [0, 0.05) is 0 Å². The Morgan fingerprint density at radius 1 is 1.56 bits per heavy atom. The van der Waals surface area contributed by atoms with Gasteiger partial charge in [-0.25, -0.2) is 8.78 Å². The molecule has 0 aliphatic heterocycles. The molecule has 5 nitrogen and oxygen atoms in total. The summed E-state index contributed by atoms with van der Waals surface area (Å²) in [4.78, 5) is 23.3. The lowest BCUT2D eigenvalue weighted by Gasteiger charge is -2.02. The van der Waals surface area contributed by atoms with Gasteiger partial charge >= 0.3 is 5.82 Å². The van der Waals surface area contributed by atoms with E-state index in [2.05, 4.69) is 4.98 Å². The van der Waals surface area contributed by atoms with Crippen molar-refractivity contribution in [1.29, 1.82) is 0 Å². The zero-order chi connectivity index (χ0) is 12.5. The molecule has 0 aromatic carbocycles. The predicted molar refractivity (Wildman–Crippen MR) is 51.0 cm³/mol. The van der Waals surface area contributed by atoms with Crippen molar-refractivity contribution >= 4 is 34.3 Å². The monoisotopic (exact) mass is 270 g/mol. The molecule has 0 saturated heterocycles. The quantitative estimate of drug-likeness (QED) is 0.481. The van der Waals surface area contributed by atoms with Crippen LogP contribution in [0.4, 0.5) is 14.6 Å². The zero-order valence-corrected chi connectivity index (χ0v) is 8.80. The number of carbonyl (C=O) groups excluding carboxylic acids is 1. The lowest BCUT2D eigenvalue weighted by molar-refractivity contribution is -0.389. The number of nitrogens with zero attached hydrogens (tertiary/aromatic N) is 2. The molecular formula is C7H2Cl2F2N2O3. The molecule has 0 N–H and O–H groups in total. The molecule has 0 unspecified atom stereocenters. The van der Waals surface area contributed by atoms with E-state index in [-0.39, 0.29) is 0 Å². The van der Waals surface area contributed by atoms with E-state index in [1.807, 2.05) is 0 Å². The van der Waals surface area contributed by atoms with E-state index in [9.17, 15) is 23.7 Å². The highest BCUT2D eigenvalue weighted by Gasteiger charge is 2.28. The molecule has 0 aliphatic carbocycles. The number of halogens is 4. The molecular weight excluding hydrogens is 269 g/mol. The molecule has 16 heavy (non-hydrogen) atoms. The summed E-state index contributed by atoms with van der Waals surface area (Å²) in [5.74, 6) is -0.893. The van der Waals surface area contributed by atoms with Crippen LogP contribution in [-0.4, -0.2) is 15.1 Å². The maximum atomic E-state index is 12.4. The second-order valence-electron chi connectivity index (χ2n) is 2.56. The van der Waals surface area contributed by atoms with E-state index in [0.717, 1.165) is 0 Å². The molecule has 9 heteroatoms. The molecule has 1 aromatic heterocycles. The minimum atomic E-state index is -3.05. The van der Waals surface area contributed by atoms with Gasteiger partial charge in [0.2, 0.25) is 5.69 Å². The molecule has 0 saturated carbocycles. The number of nitro groups is 1. The van der Waals surface area contributed by atoms with Crippen molar-refractivity contribution in [2.24, 2.45) is 0 Å². The smallest absolute Gasteiger partial charge is 0.358 e. The van der Waals surface area contributed by atoms with Crippen LogP contribution in [0.15, 0.2) is 6.07 Å². The maximum Gasteiger partial charge on any atom is 0.383 e.